The average Bonchev–Trinajstić information content (AvgIpc) is 3.01. The minimum atomic E-state index is 0.465. The lowest BCUT2D eigenvalue weighted by molar-refractivity contribution is 0.865. The van der Waals surface area contributed by atoms with Crippen LogP contribution in [0, 0.1) is 4.77 Å². The molecule has 0 saturated carbocycles. The summed E-state index contributed by atoms with van der Waals surface area (Å²) in [4.78, 5) is 2.06. The van der Waals surface area contributed by atoms with Crippen LogP contribution < -0.4 is 4.90 Å². The van der Waals surface area contributed by atoms with Crippen LogP contribution in [-0.2, 0) is 0 Å². The fraction of sp³-hybridized carbons (Fsp3) is 0.250. The second-order valence-corrected chi connectivity index (χ2v) is 7.06. The van der Waals surface area contributed by atoms with Crippen molar-refractivity contribution in [3.63, 3.8) is 0 Å². The molecule has 0 aliphatic heterocycles. The van der Waals surface area contributed by atoms with Gasteiger partial charge in [-0.05, 0) is 53.5 Å². The van der Waals surface area contributed by atoms with Crippen molar-refractivity contribution in [3.8, 4) is 11.4 Å². The third kappa shape index (κ3) is 3.91. The third-order valence-corrected chi connectivity index (χ3v) is 4.48. The van der Waals surface area contributed by atoms with Gasteiger partial charge in [-0.25, -0.2) is 5.10 Å². The highest BCUT2D eigenvalue weighted by Crippen LogP contribution is 2.21. The molecule has 3 rings (SSSR count). The van der Waals surface area contributed by atoms with E-state index in [1.165, 1.54) is 5.56 Å². The first-order valence-electron chi connectivity index (χ1n) is 8.55. The molecule has 26 heavy (non-hydrogen) atoms. The average molecular weight is 366 g/mol. The van der Waals surface area contributed by atoms with Crippen LogP contribution in [0.15, 0.2) is 53.6 Å². The van der Waals surface area contributed by atoms with Gasteiger partial charge >= 0.3 is 0 Å². The highest BCUT2D eigenvalue weighted by atomic mass is 32.1. The predicted octanol–water partition coefficient (Wildman–Crippen LogP) is 4.68. The van der Waals surface area contributed by atoms with E-state index in [0.29, 0.717) is 16.5 Å². The van der Waals surface area contributed by atoms with Crippen molar-refractivity contribution in [1.29, 1.82) is 0 Å². The molecule has 1 aromatic heterocycles. The quantitative estimate of drug-likeness (QED) is 0.527. The molecule has 1 heterocycles. The van der Waals surface area contributed by atoms with Gasteiger partial charge in [0, 0.05) is 25.3 Å². The molecule has 0 bridgehead atoms. The van der Waals surface area contributed by atoms with Gasteiger partial charge in [-0.1, -0.05) is 38.1 Å². The smallest absolute Gasteiger partial charge is 0.216 e. The second-order valence-electron chi connectivity index (χ2n) is 6.67. The van der Waals surface area contributed by atoms with Crippen molar-refractivity contribution in [3.05, 3.63) is 64.4 Å². The third-order valence-electron chi connectivity index (χ3n) is 4.22. The zero-order valence-electron chi connectivity index (χ0n) is 15.5. The summed E-state index contributed by atoms with van der Waals surface area (Å²) in [6.45, 7) is 4.36. The van der Waals surface area contributed by atoms with E-state index < -0.39 is 0 Å². The van der Waals surface area contributed by atoms with Gasteiger partial charge < -0.3 is 4.90 Å². The van der Waals surface area contributed by atoms with Gasteiger partial charge in [-0.15, -0.1) is 0 Å². The SMILES string of the molecule is CC(C)c1ccc(C=Nn2c(-c3ccc(N(C)C)cc3)n[nH]c2=S)cc1. The molecule has 3 aromatic rings. The lowest BCUT2D eigenvalue weighted by atomic mass is 10.0. The molecule has 0 aliphatic carbocycles. The summed E-state index contributed by atoms with van der Waals surface area (Å²) in [5, 5.41) is 11.7. The largest absolute Gasteiger partial charge is 0.378 e. The monoisotopic (exact) mass is 365 g/mol. The Labute approximate surface area is 159 Å². The summed E-state index contributed by atoms with van der Waals surface area (Å²) in [7, 11) is 4.03. The molecule has 0 amide bonds. The zero-order valence-corrected chi connectivity index (χ0v) is 16.3. The lowest BCUT2D eigenvalue weighted by Crippen LogP contribution is -2.08. The van der Waals surface area contributed by atoms with Crippen LogP contribution in [0.4, 0.5) is 5.69 Å². The molecule has 0 aliphatic rings. The fourth-order valence-electron chi connectivity index (χ4n) is 2.59. The predicted molar refractivity (Wildman–Crippen MR) is 111 cm³/mol. The van der Waals surface area contributed by atoms with Gasteiger partial charge in [0.05, 0.1) is 6.21 Å². The summed E-state index contributed by atoms with van der Waals surface area (Å²) in [6.07, 6.45) is 1.80. The Bertz CT molecular complexity index is 947. The zero-order chi connectivity index (χ0) is 18.7. The first-order chi connectivity index (χ1) is 12.5. The van der Waals surface area contributed by atoms with E-state index in [-0.39, 0.29) is 0 Å². The first kappa shape index (κ1) is 18.1. The summed E-state index contributed by atoms with van der Waals surface area (Å²) in [5.41, 5.74) is 4.41. The number of rotatable bonds is 5. The topological polar surface area (TPSA) is 49.2 Å². The first-order valence-corrected chi connectivity index (χ1v) is 8.96. The van der Waals surface area contributed by atoms with E-state index in [1.807, 2.05) is 38.4 Å². The molecule has 0 radical (unpaired) electrons. The van der Waals surface area contributed by atoms with Gasteiger partial charge in [-0.3, -0.25) is 0 Å². The molecule has 0 atom stereocenters. The Morgan fingerprint density at radius 3 is 2.31 bits per heavy atom. The van der Waals surface area contributed by atoms with Gasteiger partial charge in [-0.2, -0.15) is 14.9 Å². The van der Waals surface area contributed by atoms with Crippen LogP contribution in [-0.4, -0.2) is 35.2 Å². The van der Waals surface area contributed by atoms with E-state index in [0.717, 1.165) is 16.8 Å². The fourth-order valence-corrected chi connectivity index (χ4v) is 2.76. The van der Waals surface area contributed by atoms with E-state index in [9.17, 15) is 0 Å². The minimum Gasteiger partial charge on any atom is -0.378 e. The minimum absolute atomic E-state index is 0.465. The molecule has 0 spiro atoms. The van der Waals surface area contributed by atoms with Crippen molar-refractivity contribution in [1.82, 2.24) is 14.9 Å². The maximum Gasteiger partial charge on any atom is 0.216 e. The number of nitrogens with one attached hydrogen (secondary N) is 1. The van der Waals surface area contributed by atoms with E-state index >= 15 is 0 Å². The van der Waals surface area contributed by atoms with Gasteiger partial charge in [0.1, 0.15) is 0 Å². The summed E-state index contributed by atoms with van der Waals surface area (Å²) < 4.78 is 2.11. The van der Waals surface area contributed by atoms with Crippen LogP contribution >= 0.6 is 12.2 Å². The van der Waals surface area contributed by atoms with Crippen molar-refractivity contribution < 1.29 is 0 Å². The molecule has 1 N–H and O–H groups in total. The van der Waals surface area contributed by atoms with E-state index in [1.54, 1.807) is 10.9 Å². The summed E-state index contributed by atoms with van der Waals surface area (Å²) in [5.74, 6) is 1.20. The number of aromatic amines is 1. The van der Waals surface area contributed by atoms with Crippen LogP contribution in [0.25, 0.3) is 11.4 Å². The Kier molecular flexibility index (Phi) is 5.32. The summed E-state index contributed by atoms with van der Waals surface area (Å²) in [6, 6.07) is 16.5. The Balaban J connectivity index is 1.89. The molecule has 5 nitrogen and oxygen atoms in total. The number of hydrogen-bond acceptors (Lipinski definition) is 4. The molecule has 2 aromatic carbocycles. The van der Waals surface area contributed by atoms with Crippen molar-refractivity contribution >= 4 is 24.1 Å². The van der Waals surface area contributed by atoms with Gasteiger partial charge in [0.2, 0.25) is 4.77 Å². The molecular weight excluding hydrogens is 342 g/mol. The lowest BCUT2D eigenvalue weighted by Gasteiger charge is -2.12. The van der Waals surface area contributed by atoms with Crippen molar-refractivity contribution in [2.45, 2.75) is 19.8 Å². The number of aromatic nitrogens is 3. The number of benzene rings is 2. The Morgan fingerprint density at radius 2 is 1.73 bits per heavy atom. The number of anilines is 1. The maximum absolute atomic E-state index is 5.33. The van der Waals surface area contributed by atoms with E-state index in [2.05, 4.69) is 58.3 Å². The maximum atomic E-state index is 5.33. The van der Waals surface area contributed by atoms with Crippen molar-refractivity contribution in [2.75, 3.05) is 19.0 Å². The molecule has 0 unspecified atom stereocenters. The number of nitrogens with zero attached hydrogens (tertiary/aromatic N) is 4. The second kappa shape index (κ2) is 7.66. The number of H-pyrrole nitrogens is 1. The highest BCUT2D eigenvalue weighted by molar-refractivity contribution is 7.71. The molecule has 134 valence electrons. The molecular formula is C20H23N5S. The number of hydrogen-bond donors (Lipinski definition) is 1. The van der Waals surface area contributed by atoms with Crippen molar-refractivity contribution in [2.24, 2.45) is 5.10 Å². The Morgan fingerprint density at radius 1 is 1.08 bits per heavy atom. The standard InChI is InChI=1S/C20H23N5S/c1-14(2)16-7-5-15(6-8-16)13-21-25-19(22-23-20(25)26)17-9-11-18(12-10-17)24(3)4/h5-14H,1-4H3,(H,23,26). The van der Waals surface area contributed by atoms with Crippen LogP contribution in [0.5, 0.6) is 0 Å². The van der Waals surface area contributed by atoms with Crippen LogP contribution in [0.2, 0.25) is 0 Å². The van der Waals surface area contributed by atoms with Crippen LogP contribution in [0.3, 0.4) is 0 Å². The van der Waals surface area contributed by atoms with Gasteiger partial charge in [0.15, 0.2) is 5.82 Å². The van der Waals surface area contributed by atoms with Gasteiger partial charge in [0.25, 0.3) is 0 Å². The Hall–Kier alpha value is -2.73. The normalized spacial score (nSPS) is 11.4. The van der Waals surface area contributed by atoms with E-state index in [4.69, 9.17) is 12.2 Å². The molecule has 0 fully saturated rings. The van der Waals surface area contributed by atoms with Crippen LogP contribution in [0.1, 0.15) is 30.9 Å². The molecule has 0 saturated heterocycles. The molecule has 6 heteroatoms. The highest BCUT2D eigenvalue weighted by Gasteiger charge is 2.08. The summed E-state index contributed by atoms with van der Waals surface area (Å²) >= 11 is 5.33.